The first kappa shape index (κ1) is 24.0. The summed E-state index contributed by atoms with van der Waals surface area (Å²) < 4.78 is 0. The highest BCUT2D eigenvalue weighted by molar-refractivity contribution is 5.48. The van der Waals surface area contributed by atoms with Crippen LogP contribution in [0.4, 0.5) is 0 Å². The summed E-state index contributed by atoms with van der Waals surface area (Å²) in [6.45, 7) is 2.18. The molecule has 0 N–H and O–H groups in total. The summed E-state index contributed by atoms with van der Waals surface area (Å²) >= 11 is 0. The van der Waals surface area contributed by atoms with E-state index in [1.807, 2.05) is 18.2 Å². The molecule has 0 atom stereocenters. The Balaban J connectivity index is 3.93. The molecule has 0 unspecified atom stereocenters. The van der Waals surface area contributed by atoms with Gasteiger partial charge in [0.05, 0.1) is 11.3 Å². The molecule has 0 saturated carbocycles. The zero-order valence-electron chi connectivity index (χ0n) is 16.3. The van der Waals surface area contributed by atoms with E-state index < -0.39 is 0 Å². The second kappa shape index (κ2) is 19.4. The van der Waals surface area contributed by atoms with Gasteiger partial charge in [0, 0.05) is 6.42 Å². The highest BCUT2D eigenvalue weighted by Gasteiger charge is 2.06. The van der Waals surface area contributed by atoms with Crippen LogP contribution >= 0.6 is 0 Å². The van der Waals surface area contributed by atoms with E-state index >= 15 is 0 Å². The van der Waals surface area contributed by atoms with Gasteiger partial charge in [0.25, 0.3) is 0 Å². The third-order valence-electron chi connectivity index (χ3n) is 3.99. The fraction of sp³-hybridized carbons (Fsp3) is 0.591. The van der Waals surface area contributed by atoms with E-state index in [4.69, 9.17) is 0 Å². The van der Waals surface area contributed by atoms with Gasteiger partial charge in [-0.25, -0.2) is 0 Å². The van der Waals surface area contributed by atoms with Crippen LogP contribution in [0.3, 0.4) is 0 Å². The molecule has 26 heavy (non-hydrogen) atoms. The van der Waals surface area contributed by atoms with Crippen LogP contribution in [0.25, 0.3) is 0 Å². The van der Waals surface area contributed by atoms with Crippen molar-refractivity contribution >= 4 is 6.29 Å². The van der Waals surface area contributed by atoms with Crippen LogP contribution < -0.4 is 0 Å². The van der Waals surface area contributed by atoms with Crippen LogP contribution in [0.5, 0.6) is 0 Å². The van der Waals surface area contributed by atoms with E-state index in [2.05, 4.69) is 25.2 Å². The molecular weight excluding hydrogens is 326 g/mol. The van der Waals surface area contributed by atoms with Gasteiger partial charge < -0.3 is 4.79 Å². The van der Waals surface area contributed by atoms with E-state index in [-0.39, 0.29) is 10.6 Å². The molecule has 0 aromatic rings. The number of unbranched alkanes of at least 4 members (excludes halogenated alkanes) is 7. The molecule has 0 rings (SSSR count). The molecule has 0 amide bonds. The third kappa shape index (κ3) is 16.9. The third-order valence-corrected chi connectivity index (χ3v) is 3.99. The molecule has 0 spiro atoms. The quantitative estimate of drug-likeness (QED) is 0.0950. The molecule has 0 aliphatic heterocycles. The molecule has 0 heterocycles. The number of hydrogen-bond donors (Lipinski definition) is 0. The summed E-state index contributed by atoms with van der Waals surface area (Å²) in [5, 5.41) is 11.1. The maximum absolute atomic E-state index is 11.1. The predicted octanol–water partition coefficient (Wildman–Crippen LogP) is 6.72. The van der Waals surface area contributed by atoms with Crippen molar-refractivity contribution in [3.05, 3.63) is 58.3 Å². The van der Waals surface area contributed by atoms with Crippen LogP contribution in [-0.2, 0) is 4.79 Å². The smallest absolute Gasteiger partial charge is 0.246 e. The molecule has 4 nitrogen and oxygen atoms in total. The summed E-state index contributed by atoms with van der Waals surface area (Å²) in [5.41, 5.74) is 0.263. The van der Waals surface area contributed by atoms with Gasteiger partial charge in [0.2, 0.25) is 5.70 Å². The van der Waals surface area contributed by atoms with Crippen LogP contribution in [0.2, 0.25) is 0 Å². The zero-order chi connectivity index (χ0) is 19.3. The van der Waals surface area contributed by atoms with Gasteiger partial charge in [-0.2, -0.15) is 0 Å². The fourth-order valence-corrected chi connectivity index (χ4v) is 2.42. The Morgan fingerprint density at radius 1 is 0.808 bits per heavy atom. The van der Waals surface area contributed by atoms with Crippen molar-refractivity contribution in [1.29, 1.82) is 0 Å². The van der Waals surface area contributed by atoms with Crippen molar-refractivity contribution in [2.45, 2.75) is 84.0 Å². The molecular formula is C22H35NO3. The lowest BCUT2D eigenvalue weighted by molar-refractivity contribution is -0.427. The van der Waals surface area contributed by atoms with E-state index in [0.29, 0.717) is 19.3 Å². The highest BCUT2D eigenvalue weighted by Crippen LogP contribution is 2.08. The molecule has 0 fully saturated rings. The van der Waals surface area contributed by atoms with Crippen LogP contribution in [0, 0.1) is 10.1 Å². The number of aldehydes is 1. The van der Waals surface area contributed by atoms with Gasteiger partial charge >= 0.3 is 0 Å². The Kier molecular flexibility index (Phi) is 17.9. The maximum Gasteiger partial charge on any atom is 0.246 e. The Hall–Kier alpha value is -1.97. The number of carbonyl (C=O) groups is 1. The SMILES string of the molecule is CCCCC/C=C/C/C=C(/C/C=C/C/C=C/CCCCCC=O)[N+](=O)[O-]. The highest BCUT2D eigenvalue weighted by atomic mass is 16.6. The van der Waals surface area contributed by atoms with Crippen molar-refractivity contribution in [1.82, 2.24) is 0 Å². The minimum absolute atomic E-state index is 0.263. The van der Waals surface area contributed by atoms with E-state index in [0.717, 1.165) is 44.8 Å². The predicted molar refractivity (Wildman–Crippen MR) is 110 cm³/mol. The summed E-state index contributed by atoms with van der Waals surface area (Å²) in [6, 6.07) is 0. The van der Waals surface area contributed by atoms with Gasteiger partial charge in [0.1, 0.15) is 6.29 Å². The van der Waals surface area contributed by atoms with Crippen molar-refractivity contribution in [2.24, 2.45) is 0 Å². The minimum atomic E-state index is -0.287. The summed E-state index contributed by atoms with van der Waals surface area (Å²) in [7, 11) is 0. The lowest BCUT2D eigenvalue weighted by Crippen LogP contribution is -1.97. The van der Waals surface area contributed by atoms with Crippen LogP contribution in [0.1, 0.15) is 84.0 Å². The van der Waals surface area contributed by atoms with Crippen LogP contribution in [-0.4, -0.2) is 11.2 Å². The number of nitro groups is 1. The van der Waals surface area contributed by atoms with Crippen LogP contribution in [0.15, 0.2) is 48.2 Å². The average molecular weight is 362 g/mol. The lowest BCUT2D eigenvalue weighted by atomic mass is 10.1. The van der Waals surface area contributed by atoms with Gasteiger partial charge in [-0.15, -0.1) is 0 Å². The first-order valence-electron chi connectivity index (χ1n) is 9.94. The number of rotatable bonds is 17. The number of allylic oxidation sites excluding steroid dienone is 7. The average Bonchev–Trinajstić information content (AvgIpc) is 2.63. The maximum atomic E-state index is 11.1. The van der Waals surface area contributed by atoms with Gasteiger partial charge in [-0.3, -0.25) is 10.1 Å². The first-order valence-corrected chi connectivity index (χ1v) is 9.94. The molecule has 0 radical (unpaired) electrons. The molecule has 0 aliphatic carbocycles. The molecule has 0 saturated heterocycles. The number of carbonyl (C=O) groups excluding carboxylic acids is 1. The van der Waals surface area contributed by atoms with Crippen molar-refractivity contribution in [3.8, 4) is 0 Å². The van der Waals surface area contributed by atoms with Gasteiger partial charge in [0.15, 0.2) is 0 Å². The van der Waals surface area contributed by atoms with E-state index in [9.17, 15) is 14.9 Å². The summed E-state index contributed by atoms with van der Waals surface area (Å²) in [5.74, 6) is 0. The second-order valence-corrected chi connectivity index (χ2v) is 6.34. The van der Waals surface area contributed by atoms with Crippen molar-refractivity contribution in [3.63, 3.8) is 0 Å². The number of hydrogen-bond acceptors (Lipinski definition) is 3. The Morgan fingerprint density at radius 2 is 1.42 bits per heavy atom. The molecule has 146 valence electrons. The van der Waals surface area contributed by atoms with E-state index in [1.54, 1.807) is 6.08 Å². The normalized spacial score (nSPS) is 12.6. The Labute approximate surface area is 158 Å². The summed E-state index contributed by atoms with van der Waals surface area (Å²) in [6.07, 6.45) is 26.2. The minimum Gasteiger partial charge on any atom is -0.303 e. The van der Waals surface area contributed by atoms with Gasteiger partial charge in [-0.1, -0.05) is 62.6 Å². The lowest BCUT2D eigenvalue weighted by Gasteiger charge is -1.94. The summed E-state index contributed by atoms with van der Waals surface area (Å²) in [4.78, 5) is 21.0. The molecule has 0 aromatic carbocycles. The number of nitrogens with zero attached hydrogens (tertiary/aromatic N) is 1. The monoisotopic (exact) mass is 361 g/mol. The van der Waals surface area contributed by atoms with E-state index in [1.165, 1.54) is 19.3 Å². The topological polar surface area (TPSA) is 60.2 Å². The molecule has 4 heteroatoms. The largest absolute Gasteiger partial charge is 0.303 e. The first-order chi connectivity index (χ1) is 12.7. The Bertz CT molecular complexity index is 476. The van der Waals surface area contributed by atoms with Crippen molar-refractivity contribution < 1.29 is 9.72 Å². The van der Waals surface area contributed by atoms with Crippen molar-refractivity contribution in [2.75, 3.05) is 0 Å². The second-order valence-electron chi connectivity index (χ2n) is 6.34. The zero-order valence-corrected chi connectivity index (χ0v) is 16.3. The Morgan fingerprint density at radius 3 is 2.08 bits per heavy atom. The molecule has 0 aromatic heterocycles. The molecule has 0 bridgehead atoms. The molecule has 0 aliphatic rings. The standard InChI is InChI=1S/C22H35NO3/c1-2-3-4-5-10-13-16-19-22(23(25)26)20-17-14-11-8-6-7-9-12-15-18-21-24/h6,8,10,13-14,17,19,21H,2-5,7,9,11-12,15-16,18,20H2,1H3/b8-6+,13-10+,17-14+,22-19-. The fourth-order valence-electron chi connectivity index (χ4n) is 2.42. The van der Waals surface area contributed by atoms with Gasteiger partial charge in [-0.05, 0) is 51.0 Å².